The number of rotatable bonds is 6. The third-order valence-corrected chi connectivity index (χ3v) is 3.18. The molecule has 1 fully saturated rings. The molecule has 0 amide bonds. The number of carboxylic acid groups (broad SMARTS) is 1. The van der Waals surface area contributed by atoms with Crippen LogP contribution in [0.25, 0.3) is 0 Å². The van der Waals surface area contributed by atoms with Crippen LogP contribution in [0.2, 0.25) is 0 Å². The van der Waals surface area contributed by atoms with E-state index in [0.29, 0.717) is 5.69 Å². The first-order valence-corrected chi connectivity index (χ1v) is 6.42. The normalized spacial score (nSPS) is 15.8. The van der Waals surface area contributed by atoms with Crippen molar-refractivity contribution >= 4 is 11.7 Å². The van der Waals surface area contributed by atoms with Crippen molar-refractivity contribution < 1.29 is 9.90 Å². The fourth-order valence-corrected chi connectivity index (χ4v) is 2.25. The van der Waals surface area contributed by atoms with E-state index < -0.39 is 5.97 Å². The van der Waals surface area contributed by atoms with Gasteiger partial charge < -0.3 is 15.3 Å². The van der Waals surface area contributed by atoms with Crippen LogP contribution in [-0.4, -0.2) is 47.1 Å². The quantitative estimate of drug-likeness (QED) is 0.751. The van der Waals surface area contributed by atoms with Crippen molar-refractivity contribution in [1.82, 2.24) is 9.88 Å². The minimum atomic E-state index is -0.988. The van der Waals surface area contributed by atoms with Crippen molar-refractivity contribution in [1.29, 1.82) is 0 Å². The van der Waals surface area contributed by atoms with Gasteiger partial charge in [0.1, 0.15) is 0 Å². The largest absolute Gasteiger partial charge is 0.476 e. The fraction of sp³-hybridized carbons (Fsp3) is 0.538. The summed E-state index contributed by atoms with van der Waals surface area (Å²) in [6, 6.07) is 3.50. The fourth-order valence-electron chi connectivity index (χ4n) is 2.25. The molecular formula is C13H19N3O2. The zero-order valence-corrected chi connectivity index (χ0v) is 10.4. The molecule has 0 aliphatic carbocycles. The summed E-state index contributed by atoms with van der Waals surface area (Å²) in [4.78, 5) is 17.3. The number of carboxylic acids is 1. The van der Waals surface area contributed by atoms with Crippen LogP contribution in [-0.2, 0) is 0 Å². The molecule has 5 heteroatoms. The third kappa shape index (κ3) is 3.43. The maximum Gasteiger partial charge on any atom is 0.356 e. The minimum absolute atomic E-state index is 0.0960. The molecular weight excluding hydrogens is 230 g/mol. The summed E-state index contributed by atoms with van der Waals surface area (Å²) in [7, 11) is 0. The molecule has 0 unspecified atom stereocenters. The summed E-state index contributed by atoms with van der Waals surface area (Å²) in [6.07, 6.45) is 5.13. The van der Waals surface area contributed by atoms with Crippen LogP contribution >= 0.6 is 0 Å². The lowest BCUT2D eigenvalue weighted by Crippen LogP contribution is -2.22. The van der Waals surface area contributed by atoms with Crippen molar-refractivity contribution in [3.05, 3.63) is 24.0 Å². The highest BCUT2D eigenvalue weighted by atomic mass is 16.4. The number of aromatic carboxylic acids is 1. The molecule has 2 N–H and O–H groups in total. The second kappa shape index (κ2) is 6.35. The first-order chi connectivity index (χ1) is 8.77. The standard InChI is InChI=1S/C13H19N3O2/c17-13(18)12-11(5-3-6-15-12)14-7-4-10-16-8-1-2-9-16/h3,5-6,14H,1-2,4,7-10H2,(H,17,18). The molecule has 0 aromatic carbocycles. The molecule has 0 saturated carbocycles. The van der Waals surface area contributed by atoms with E-state index in [9.17, 15) is 4.79 Å². The molecule has 0 radical (unpaired) electrons. The van der Waals surface area contributed by atoms with Gasteiger partial charge in [-0.1, -0.05) is 0 Å². The smallest absolute Gasteiger partial charge is 0.356 e. The molecule has 0 spiro atoms. The van der Waals surface area contributed by atoms with Gasteiger partial charge in [0.2, 0.25) is 0 Å². The van der Waals surface area contributed by atoms with Crippen molar-refractivity contribution in [3.63, 3.8) is 0 Å². The van der Waals surface area contributed by atoms with Crippen LogP contribution in [0, 0.1) is 0 Å². The predicted molar refractivity (Wildman–Crippen MR) is 70.0 cm³/mol. The molecule has 1 aromatic rings. The Hall–Kier alpha value is -1.62. The second-order valence-corrected chi connectivity index (χ2v) is 4.53. The molecule has 2 rings (SSSR count). The summed E-state index contributed by atoms with van der Waals surface area (Å²) in [5.41, 5.74) is 0.699. The van der Waals surface area contributed by atoms with Gasteiger partial charge in [-0.25, -0.2) is 9.78 Å². The van der Waals surface area contributed by atoms with E-state index in [1.54, 1.807) is 12.1 Å². The summed E-state index contributed by atoms with van der Waals surface area (Å²) in [6.45, 7) is 4.26. The van der Waals surface area contributed by atoms with E-state index in [4.69, 9.17) is 5.11 Å². The first-order valence-electron chi connectivity index (χ1n) is 6.42. The number of hydrogen-bond acceptors (Lipinski definition) is 4. The van der Waals surface area contributed by atoms with E-state index in [-0.39, 0.29) is 5.69 Å². The van der Waals surface area contributed by atoms with Crippen molar-refractivity contribution in [2.75, 3.05) is 31.5 Å². The number of aromatic nitrogens is 1. The van der Waals surface area contributed by atoms with Crippen molar-refractivity contribution in [3.8, 4) is 0 Å². The maximum atomic E-state index is 11.0. The topological polar surface area (TPSA) is 65.5 Å². The van der Waals surface area contributed by atoms with Crippen LogP contribution in [0.3, 0.4) is 0 Å². The molecule has 1 aliphatic rings. The third-order valence-electron chi connectivity index (χ3n) is 3.18. The first kappa shape index (κ1) is 12.8. The highest BCUT2D eigenvalue weighted by Gasteiger charge is 2.12. The van der Waals surface area contributed by atoms with Gasteiger partial charge in [-0.2, -0.15) is 0 Å². The van der Waals surface area contributed by atoms with Gasteiger partial charge in [-0.3, -0.25) is 0 Å². The molecule has 98 valence electrons. The number of likely N-dealkylation sites (tertiary alicyclic amines) is 1. The second-order valence-electron chi connectivity index (χ2n) is 4.53. The molecule has 5 nitrogen and oxygen atoms in total. The lowest BCUT2D eigenvalue weighted by Gasteiger charge is -2.15. The Bertz CT molecular complexity index is 403. The number of pyridine rings is 1. The van der Waals surface area contributed by atoms with Gasteiger partial charge in [0.15, 0.2) is 5.69 Å². The predicted octanol–water partition coefficient (Wildman–Crippen LogP) is 1.68. The van der Waals surface area contributed by atoms with E-state index in [1.807, 2.05) is 0 Å². The molecule has 1 aromatic heterocycles. The average molecular weight is 249 g/mol. The zero-order chi connectivity index (χ0) is 12.8. The van der Waals surface area contributed by atoms with Gasteiger partial charge >= 0.3 is 5.97 Å². The summed E-state index contributed by atoms with van der Waals surface area (Å²) < 4.78 is 0. The van der Waals surface area contributed by atoms with Crippen LogP contribution in [0.5, 0.6) is 0 Å². The van der Waals surface area contributed by atoms with Crippen LogP contribution in [0.4, 0.5) is 5.69 Å². The Morgan fingerprint density at radius 3 is 2.94 bits per heavy atom. The van der Waals surface area contributed by atoms with Gasteiger partial charge in [-0.05, 0) is 51.0 Å². The molecule has 0 bridgehead atoms. The molecule has 2 heterocycles. The molecule has 1 saturated heterocycles. The highest BCUT2D eigenvalue weighted by molar-refractivity contribution is 5.91. The summed E-state index contributed by atoms with van der Waals surface area (Å²) in [5, 5.41) is 12.1. The number of hydrogen-bond donors (Lipinski definition) is 2. The number of carbonyl (C=O) groups is 1. The van der Waals surface area contributed by atoms with Crippen molar-refractivity contribution in [2.24, 2.45) is 0 Å². The monoisotopic (exact) mass is 249 g/mol. The van der Waals surface area contributed by atoms with Gasteiger partial charge in [0.25, 0.3) is 0 Å². The highest BCUT2D eigenvalue weighted by Crippen LogP contribution is 2.12. The Morgan fingerprint density at radius 2 is 2.22 bits per heavy atom. The average Bonchev–Trinajstić information content (AvgIpc) is 2.88. The lowest BCUT2D eigenvalue weighted by atomic mass is 10.3. The van der Waals surface area contributed by atoms with Crippen LogP contribution in [0.1, 0.15) is 29.8 Å². The zero-order valence-electron chi connectivity index (χ0n) is 10.4. The number of nitrogens with zero attached hydrogens (tertiary/aromatic N) is 2. The van der Waals surface area contributed by atoms with E-state index in [1.165, 1.54) is 32.1 Å². The summed E-state index contributed by atoms with van der Waals surface area (Å²) in [5.74, 6) is -0.988. The van der Waals surface area contributed by atoms with Crippen LogP contribution in [0.15, 0.2) is 18.3 Å². The molecule has 0 atom stereocenters. The number of anilines is 1. The maximum absolute atomic E-state index is 11.0. The minimum Gasteiger partial charge on any atom is -0.476 e. The molecule has 1 aliphatic heterocycles. The Balaban J connectivity index is 1.77. The SMILES string of the molecule is O=C(O)c1ncccc1NCCCN1CCCC1. The van der Waals surface area contributed by atoms with E-state index >= 15 is 0 Å². The Morgan fingerprint density at radius 1 is 1.44 bits per heavy atom. The van der Waals surface area contributed by atoms with Crippen molar-refractivity contribution in [2.45, 2.75) is 19.3 Å². The van der Waals surface area contributed by atoms with E-state index in [2.05, 4.69) is 15.2 Å². The Kier molecular flexibility index (Phi) is 4.52. The van der Waals surface area contributed by atoms with Gasteiger partial charge in [0, 0.05) is 12.7 Å². The van der Waals surface area contributed by atoms with Gasteiger partial charge in [0.05, 0.1) is 5.69 Å². The number of nitrogens with one attached hydrogen (secondary N) is 1. The van der Waals surface area contributed by atoms with Crippen LogP contribution < -0.4 is 5.32 Å². The Labute approximate surface area is 107 Å². The van der Waals surface area contributed by atoms with E-state index in [0.717, 1.165) is 19.5 Å². The van der Waals surface area contributed by atoms with Gasteiger partial charge in [-0.15, -0.1) is 0 Å². The molecule has 18 heavy (non-hydrogen) atoms. The lowest BCUT2D eigenvalue weighted by molar-refractivity contribution is 0.0691. The summed E-state index contributed by atoms with van der Waals surface area (Å²) >= 11 is 0.